The Bertz CT molecular complexity index is 389. The maximum atomic E-state index is 12.9. The largest absolute Gasteiger partial charge is 0.352 e. The SMILES string of the molecule is O=C1Nc2cc(F)ccc2C1(F)F. The first-order valence-electron chi connectivity index (χ1n) is 3.51. The second-order valence-corrected chi connectivity index (χ2v) is 2.72. The summed E-state index contributed by atoms with van der Waals surface area (Å²) in [5.41, 5.74) is -0.631. The Morgan fingerprint density at radius 3 is 2.69 bits per heavy atom. The number of hydrogen-bond donors (Lipinski definition) is 1. The summed E-state index contributed by atoms with van der Waals surface area (Å²) in [6, 6.07) is 2.67. The maximum Gasteiger partial charge on any atom is 0.352 e. The molecule has 0 saturated heterocycles. The van der Waals surface area contributed by atoms with Crippen LogP contribution in [-0.2, 0) is 10.7 Å². The van der Waals surface area contributed by atoms with Gasteiger partial charge < -0.3 is 5.32 Å². The normalized spacial score (nSPS) is 18.2. The molecule has 0 spiro atoms. The number of fused-ring (bicyclic) bond motifs is 1. The van der Waals surface area contributed by atoms with Gasteiger partial charge in [-0.1, -0.05) is 0 Å². The summed E-state index contributed by atoms with van der Waals surface area (Å²) in [5, 5.41) is 1.90. The fourth-order valence-corrected chi connectivity index (χ4v) is 1.22. The number of rotatable bonds is 0. The molecule has 1 N–H and O–H groups in total. The Labute approximate surface area is 71.4 Å². The maximum absolute atomic E-state index is 12.9. The van der Waals surface area contributed by atoms with E-state index >= 15 is 0 Å². The Balaban J connectivity index is 2.62. The fraction of sp³-hybridized carbons (Fsp3) is 0.125. The highest BCUT2D eigenvalue weighted by molar-refractivity contribution is 6.03. The smallest absolute Gasteiger partial charge is 0.320 e. The summed E-state index contributed by atoms with van der Waals surface area (Å²) >= 11 is 0. The van der Waals surface area contributed by atoms with E-state index in [1.54, 1.807) is 0 Å². The van der Waals surface area contributed by atoms with E-state index in [0.717, 1.165) is 18.2 Å². The van der Waals surface area contributed by atoms with E-state index in [1.165, 1.54) is 0 Å². The van der Waals surface area contributed by atoms with Crippen LogP contribution >= 0.6 is 0 Å². The van der Waals surface area contributed by atoms with Gasteiger partial charge in [0.2, 0.25) is 0 Å². The van der Waals surface area contributed by atoms with E-state index in [1.807, 2.05) is 5.32 Å². The number of hydrogen-bond acceptors (Lipinski definition) is 1. The summed E-state index contributed by atoms with van der Waals surface area (Å²) in [5.74, 6) is -5.60. The van der Waals surface area contributed by atoms with Gasteiger partial charge in [0.25, 0.3) is 5.91 Å². The van der Waals surface area contributed by atoms with Crippen LogP contribution in [0.4, 0.5) is 18.9 Å². The van der Waals surface area contributed by atoms with Crippen molar-refractivity contribution in [3.63, 3.8) is 0 Å². The summed E-state index contributed by atoms with van der Waals surface area (Å²) < 4.78 is 38.4. The standard InChI is InChI=1S/C8H4F3NO/c9-4-1-2-5-6(3-4)12-7(13)8(5,10)11/h1-3H,(H,12,13). The lowest BCUT2D eigenvalue weighted by Crippen LogP contribution is -2.23. The molecule has 0 fully saturated rings. The second-order valence-electron chi connectivity index (χ2n) is 2.72. The Kier molecular flexibility index (Phi) is 1.40. The monoisotopic (exact) mass is 187 g/mol. The molecule has 13 heavy (non-hydrogen) atoms. The lowest BCUT2D eigenvalue weighted by atomic mass is 10.1. The van der Waals surface area contributed by atoms with Crippen LogP contribution in [0.3, 0.4) is 0 Å². The van der Waals surface area contributed by atoms with Gasteiger partial charge in [0.05, 0.1) is 11.3 Å². The number of benzene rings is 1. The molecule has 0 atom stereocenters. The van der Waals surface area contributed by atoms with Gasteiger partial charge in [-0.15, -0.1) is 0 Å². The second kappa shape index (κ2) is 2.25. The minimum absolute atomic E-state index is 0.157. The molecule has 0 radical (unpaired) electrons. The molecule has 0 bridgehead atoms. The summed E-state index contributed by atoms with van der Waals surface area (Å²) in [6.45, 7) is 0. The third kappa shape index (κ3) is 0.998. The molecule has 2 rings (SSSR count). The molecule has 1 aliphatic rings. The lowest BCUT2D eigenvalue weighted by molar-refractivity contribution is -0.139. The predicted octanol–water partition coefficient (Wildman–Crippen LogP) is 1.87. The van der Waals surface area contributed by atoms with Crippen molar-refractivity contribution in [2.24, 2.45) is 0 Å². The molecule has 0 aliphatic carbocycles. The number of carbonyl (C=O) groups is 1. The minimum Gasteiger partial charge on any atom is -0.320 e. The van der Waals surface area contributed by atoms with E-state index in [0.29, 0.717) is 0 Å². The van der Waals surface area contributed by atoms with E-state index < -0.39 is 23.2 Å². The van der Waals surface area contributed by atoms with Gasteiger partial charge in [-0.05, 0) is 18.2 Å². The van der Waals surface area contributed by atoms with E-state index in [4.69, 9.17) is 0 Å². The van der Waals surface area contributed by atoms with Crippen molar-refractivity contribution in [1.82, 2.24) is 0 Å². The van der Waals surface area contributed by atoms with Crippen LogP contribution in [0.5, 0.6) is 0 Å². The predicted molar refractivity (Wildman–Crippen MR) is 38.9 cm³/mol. The van der Waals surface area contributed by atoms with Crippen LogP contribution in [-0.4, -0.2) is 5.91 Å². The summed E-state index contributed by atoms with van der Waals surface area (Å²) in [7, 11) is 0. The minimum atomic E-state index is -3.54. The lowest BCUT2D eigenvalue weighted by Gasteiger charge is -2.04. The number of alkyl halides is 2. The third-order valence-electron chi connectivity index (χ3n) is 1.85. The zero-order valence-corrected chi connectivity index (χ0v) is 6.27. The summed E-state index contributed by atoms with van der Waals surface area (Å²) in [4.78, 5) is 10.7. The molecule has 0 aromatic heterocycles. The Hall–Kier alpha value is -1.52. The first kappa shape index (κ1) is 8.10. The van der Waals surface area contributed by atoms with Crippen LogP contribution in [0.1, 0.15) is 5.56 Å². The van der Waals surface area contributed by atoms with Crippen molar-refractivity contribution < 1.29 is 18.0 Å². The van der Waals surface area contributed by atoms with E-state index in [-0.39, 0.29) is 5.69 Å². The molecular weight excluding hydrogens is 183 g/mol. The molecule has 2 nitrogen and oxygen atoms in total. The van der Waals surface area contributed by atoms with Crippen LogP contribution in [0.25, 0.3) is 0 Å². The average molecular weight is 187 g/mol. The highest BCUT2D eigenvalue weighted by atomic mass is 19.3. The van der Waals surface area contributed by atoms with Gasteiger partial charge in [0.15, 0.2) is 0 Å². The van der Waals surface area contributed by atoms with E-state index in [2.05, 4.69) is 0 Å². The van der Waals surface area contributed by atoms with Crippen molar-refractivity contribution in [3.8, 4) is 0 Å². The van der Waals surface area contributed by atoms with Gasteiger partial charge >= 0.3 is 5.92 Å². The number of amides is 1. The van der Waals surface area contributed by atoms with Crippen LogP contribution < -0.4 is 5.32 Å². The number of halogens is 3. The average Bonchev–Trinajstić information content (AvgIpc) is 2.23. The number of nitrogens with one attached hydrogen (secondary N) is 1. The third-order valence-corrected chi connectivity index (χ3v) is 1.85. The zero-order valence-electron chi connectivity index (χ0n) is 6.27. The molecule has 68 valence electrons. The molecule has 5 heteroatoms. The molecule has 0 unspecified atom stereocenters. The molecule has 1 aromatic rings. The Morgan fingerprint density at radius 1 is 1.31 bits per heavy atom. The molecular formula is C8H4F3NO. The number of carbonyl (C=O) groups excluding carboxylic acids is 1. The van der Waals surface area contributed by atoms with Crippen molar-refractivity contribution in [2.75, 3.05) is 5.32 Å². The summed E-state index contributed by atoms with van der Waals surface area (Å²) in [6.07, 6.45) is 0. The van der Waals surface area contributed by atoms with Crippen LogP contribution in [0.2, 0.25) is 0 Å². The first-order valence-corrected chi connectivity index (χ1v) is 3.51. The van der Waals surface area contributed by atoms with Crippen molar-refractivity contribution in [2.45, 2.75) is 5.92 Å². The molecule has 1 heterocycles. The van der Waals surface area contributed by atoms with Gasteiger partial charge in [0, 0.05) is 0 Å². The quantitative estimate of drug-likeness (QED) is 0.659. The highest BCUT2D eigenvalue weighted by Gasteiger charge is 2.48. The van der Waals surface area contributed by atoms with Gasteiger partial charge in [-0.2, -0.15) is 8.78 Å². The highest BCUT2D eigenvalue weighted by Crippen LogP contribution is 2.40. The van der Waals surface area contributed by atoms with E-state index in [9.17, 15) is 18.0 Å². The Morgan fingerprint density at radius 2 is 2.00 bits per heavy atom. The van der Waals surface area contributed by atoms with Crippen molar-refractivity contribution in [3.05, 3.63) is 29.6 Å². The molecule has 0 saturated carbocycles. The van der Waals surface area contributed by atoms with Gasteiger partial charge in [0.1, 0.15) is 5.82 Å². The fourth-order valence-electron chi connectivity index (χ4n) is 1.22. The van der Waals surface area contributed by atoms with Crippen molar-refractivity contribution in [1.29, 1.82) is 0 Å². The van der Waals surface area contributed by atoms with Crippen molar-refractivity contribution >= 4 is 11.6 Å². The van der Waals surface area contributed by atoms with Crippen LogP contribution in [0.15, 0.2) is 18.2 Å². The molecule has 1 aliphatic heterocycles. The first-order chi connectivity index (χ1) is 6.01. The van der Waals surface area contributed by atoms with Crippen LogP contribution in [0, 0.1) is 5.82 Å². The zero-order chi connectivity index (χ0) is 9.64. The molecule has 1 amide bonds. The van der Waals surface area contributed by atoms with Gasteiger partial charge in [-0.3, -0.25) is 4.79 Å². The number of anilines is 1. The van der Waals surface area contributed by atoms with Gasteiger partial charge in [-0.25, -0.2) is 4.39 Å². The molecule has 1 aromatic carbocycles. The topological polar surface area (TPSA) is 29.1 Å².